The van der Waals surface area contributed by atoms with E-state index in [1.54, 1.807) is 6.92 Å². The number of hydrogen-bond acceptors (Lipinski definition) is 2. The fourth-order valence-electron chi connectivity index (χ4n) is 1.79. The van der Waals surface area contributed by atoms with Crippen LogP contribution in [0, 0.1) is 0 Å². The summed E-state index contributed by atoms with van der Waals surface area (Å²) >= 11 is 0. The highest BCUT2D eigenvalue weighted by Crippen LogP contribution is 2.29. The molecular weight excluding hydrogens is 287 g/mol. The second-order valence-corrected chi connectivity index (χ2v) is 4.62. The van der Waals surface area contributed by atoms with E-state index in [1.165, 1.54) is 12.1 Å². The van der Waals surface area contributed by atoms with E-state index in [0.717, 1.165) is 12.1 Å². The average Bonchev–Trinajstić information content (AvgIpc) is 2.37. The quantitative estimate of drug-likeness (QED) is 0.849. The zero-order valence-electron chi connectivity index (χ0n) is 11.4. The van der Waals surface area contributed by atoms with E-state index >= 15 is 0 Å². The lowest BCUT2D eigenvalue weighted by molar-refractivity contribution is -0.142. The summed E-state index contributed by atoms with van der Waals surface area (Å²) in [6.07, 6.45) is -3.69. The molecule has 0 aliphatic heterocycles. The van der Waals surface area contributed by atoms with E-state index in [2.05, 4.69) is 5.32 Å². The summed E-state index contributed by atoms with van der Waals surface area (Å²) in [5.41, 5.74) is -0.401. The first-order valence-corrected chi connectivity index (χ1v) is 6.42. The van der Waals surface area contributed by atoms with Gasteiger partial charge in [0.1, 0.15) is 6.04 Å². The molecule has 0 spiro atoms. The topological polar surface area (TPSA) is 66.4 Å². The third-order valence-corrected chi connectivity index (χ3v) is 2.86. The number of alkyl halides is 3. The molecule has 7 heteroatoms. The minimum absolute atomic E-state index is 0.161. The molecule has 0 radical (unpaired) electrons. The smallest absolute Gasteiger partial charge is 0.416 e. The summed E-state index contributed by atoms with van der Waals surface area (Å²) in [5.74, 6) is -1.66. The van der Waals surface area contributed by atoms with Gasteiger partial charge in [-0.05, 0) is 24.1 Å². The molecule has 0 saturated heterocycles. The molecule has 1 unspecified atom stereocenters. The van der Waals surface area contributed by atoms with Crippen molar-refractivity contribution < 1.29 is 27.9 Å². The molecule has 0 aliphatic rings. The predicted molar refractivity (Wildman–Crippen MR) is 69.6 cm³/mol. The highest BCUT2D eigenvalue weighted by atomic mass is 19.4. The molecule has 0 bridgehead atoms. The molecule has 0 heterocycles. The van der Waals surface area contributed by atoms with Gasteiger partial charge in [-0.25, -0.2) is 4.79 Å². The maximum absolute atomic E-state index is 12.4. The number of aliphatic carboxylic acids is 1. The number of benzene rings is 1. The first-order chi connectivity index (χ1) is 9.74. The zero-order chi connectivity index (χ0) is 16.0. The fraction of sp³-hybridized carbons (Fsp3) is 0.429. The van der Waals surface area contributed by atoms with Gasteiger partial charge in [-0.2, -0.15) is 13.2 Å². The number of amides is 1. The van der Waals surface area contributed by atoms with Gasteiger partial charge in [-0.3, -0.25) is 4.79 Å². The molecule has 0 fully saturated rings. The monoisotopic (exact) mass is 303 g/mol. The Kier molecular flexibility index (Phi) is 5.75. The predicted octanol–water partition coefficient (Wildman–Crippen LogP) is 2.62. The Morgan fingerprint density at radius 1 is 1.24 bits per heavy atom. The second-order valence-electron chi connectivity index (χ2n) is 4.62. The molecule has 1 aromatic carbocycles. The lowest BCUT2D eigenvalue weighted by Gasteiger charge is -2.13. The van der Waals surface area contributed by atoms with Crippen LogP contribution in [0.1, 0.15) is 30.9 Å². The van der Waals surface area contributed by atoms with Crippen LogP contribution in [0.25, 0.3) is 0 Å². The SMILES string of the molecule is CCCC(NC(=O)Cc1ccc(C(F)(F)F)cc1)C(=O)O. The number of carbonyl (C=O) groups is 2. The average molecular weight is 303 g/mol. The van der Waals surface area contributed by atoms with Crippen molar-refractivity contribution in [1.82, 2.24) is 5.32 Å². The number of carboxylic acids is 1. The van der Waals surface area contributed by atoms with Gasteiger partial charge in [0.05, 0.1) is 12.0 Å². The summed E-state index contributed by atoms with van der Waals surface area (Å²) in [7, 11) is 0. The number of nitrogens with one attached hydrogen (secondary N) is 1. The van der Waals surface area contributed by atoms with Crippen molar-refractivity contribution in [2.24, 2.45) is 0 Å². The van der Waals surface area contributed by atoms with Gasteiger partial charge in [0, 0.05) is 0 Å². The molecule has 4 nitrogen and oxygen atoms in total. The largest absolute Gasteiger partial charge is 0.480 e. The number of halogens is 3. The van der Waals surface area contributed by atoms with E-state index < -0.39 is 29.7 Å². The van der Waals surface area contributed by atoms with E-state index in [9.17, 15) is 22.8 Å². The molecule has 0 saturated carbocycles. The molecule has 1 aromatic rings. The Morgan fingerprint density at radius 3 is 2.24 bits per heavy atom. The highest BCUT2D eigenvalue weighted by Gasteiger charge is 2.30. The van der Waals surface area contributed by atoms with E-state index in [1.807, 2.05) is 0 Å². The highest BCUT2D eigenvalue weighted by molar-refractivity contribution is 5.84. The molecule has 116 valence electrons. The van der Waals surface area contributed by atoms with E-state index in [0.29, 0.717) is 18.4 Å². The van der Waals surface area contributed by atoms with Gasteiger partial charge in [0.15, 0.2) is 0 Å². The lowest BCUT2D eigenvalue weighted by atomic mass is 10.1. The van der Waals surface area contributed by atoms with E-state index in [4.69, 9.17) is 5.11 Å². The van der Waals surface area contributed by atoms with Crippen molar-refractivity contribution in [3.05, 3.63) is 35.4 Å². The molecule has 0 aromatic heterocycles. The Hall–Kier alpha value is -2.05. The summed E-state index contributed by atoms with van der Waals surface area (Å²) in [6.45, 7) is 1.79. The third kappa shape index (κ3) is 5.45. The second kappa shape index (κ2) is 7.10. The summed E-state index contributed by atoms with van der Waals surface area (Å²) < 4.78 is 37.1. The minimum atomic E-state index is -4.42. The third-order valence-electron chi connectivity index (χ3n) is 2.86. The molecular formula is C14H16F3NO3. The Labute approximate surface area is 120 Å². The van der Waals surface area contributed by atoms with Crippen molar-refractivity contribution in [3.8, 4) is 0 Å². The Balaban J connectivity index is 2.64. The van der Waals surface area contributed by atoms with Crippen LogP contribution in [0.4, 0.5) is 13.2 Å². The van der Waals surface area contributed by atoms with Crippen molar-refractivity contribution in [3.63, 3.8) is 0 Å². The van der Waals surface area contributed by atoms with E-state index in [-0.39, 0.29) is 6.42 Å². The Morgan fingerprint density at radius 2 is 1.81 bits per heavy atom. The van der Waals surface area contributed by atoms with Crippen molar-refractivity contribution in [2.75, 3.05) is 0 Å². The first kappa shape index (κ1) is 17.0. The van der Waals surface area contributed by atoms with Gasteiger partial charge >= 0.3 is 12.1 Å². The summed E-state index contributed by atoms with van der Waals surface area (Å²) in [6, 6.07) is 3.22. The number of carbonyl (C=O) groups excluding carboxylic acids is 1. The summed E-state index contributed by atoms with van der Waals surface area (Å²) in [4.78, 5) is 22.6. The van der Waals surface area contributed by atoms with Crippen LogP contribution < -0.4 is 5.32 Å². The van der Waals surface area contributed by atoms with Crippen LogP contribution >= 0.6 is 0 Å². The zero-order valence-corrected chi connectivity index (χ0v) is 11.4. The normalized spacial score (nSPS) is 12.8. The van der Waals surface area contributed by atoms with Crippen molar-refractivity contribution in [2.45, 2.75) is 38.4 Å². The maximum Gasteiger partial charge on any atom is 0.416 e. The molecule has 1 atom stereocenters. The van der Waals surface area contributed by atoms with Crippen LogP contribution in [0.5, 0.6) is 0 Å². The number of rotatable bonds is 6. The molecule has 21 heavy (non-hydrogen) atoms. The Bertz CT molecular complexity index is 497. The van der Waals surface area contributed by atoms with Crippen LogP contribution in [-0.4, -0.2) is 23.0 Å². The summed E-state index contributed by atoms with van der Waals surface area (Å²) in [5, 5.41) is 11.3. The van der Waals surface area contributed by atoms with Gasteiger partial charge < -0.3 is 10.4 Å². The first-order valence-electron chi connectivity index (χ1n) is 6.42. The van der Waals surface area contributed by atoms with Crippen LogP contribution in [0.2, 0.25) is 0 Å². The molecule has 0 aliphatic carbocycles. The van der Waals surface area contributed by atoms with Crippen molar-refractivity contribution >= 4 is 11.9 Å². The van der Waals surface area contributed by atoms with Gasteiger partial charge in [-0.15, -0.1) is 0 Å². The van der Waals surface area contributed by atoms with Gasteiger partial charge in [0.25, 0.3) is 0 Å². The number of hydrogen-bond donors (Lipinski definition) is 2. The van der Waals surface area contributed by atoms with Crippen molar-refractivity contribution in [1.29, 1.82) is 0 Å². The fourth-order valence-corrected chi connectivity index (χ4v) is 1.79. The minimum Gasteiger partial charge on any atom is -0.480 e. The van der Waals surface area contributed by atoms with Crippen LogP contribution in [-0.2, 0) is 22.2 Å². The number of carboxylic acid groups (broad SMARTS) is 1. The van der Waals surface area contributed by atoms with Gasteiger partial charge in [-0.1, -0.05) is 25.5 Å². The molecule has 1 rings (SSSR count). The van der Waals surface area contributed by atoms with Crippen LogP contribution in [0.15, 0.2) is 24.3 Å². The standard InChI is InChI=1S/C14H16F3NO3/c1-2-3-11(13(20)21)18-12(19)8-9-4-6-10(7-5-9)14(15,16)17/h4-7,11H,2-3,8H2,1H3,(H,18,19)(H,20,21). The van der Waals surface area contributed by atoms with Crippen LogP contribution in [0.3, 0.4) is 0 Å². The maximum atomic E-state index is 12.4. The van der Waals surface area contributed by atoms with Gasteiger partial charge in [0.2, 0.25) is 5.91 Å². The molecule has 1 amide bonds. The molecule has 2 N–H and O–H groups in total. The lowest BCUT2D eigenvalue weighted by Crippen LogP contribution is -2.41.